The molecule has 0 aromatic heterocycles. The molecular weight excluding hydrogens is 405 g/mol. The van der Waals surface area contributed by atoms with Crippen LogP contribution in [0.3, 0.4) is 0 Å². The molecule has 0 saturated carbocycles. The molecule has 0 radical (unpaired) electrons. The van der Waals surface area contributed by atoms with Crippen molar-refractivity contribution in [2.75, 3.05) is 0 Å². The molecule has 0 fully saturated rings. The Morgan fingerprint density at radius 3 is 1.23 bits per heavy atom. The molecule has 2 nitrogen and oxygen atoms in total. The fraction of sp³-hybridized carbons (Fsp3) is 0.250. The van der Waals surface area contributed by atoms with Crippen LogP contribution in [-0.4, -0.2) is 0 Å². The van der Waals surface area contributed by atoms with Crippen LogP contribution in [0.1, 0.15) is 34.3 Å². The highest BCUT2D eigenvalue weighted by atomic mass is 35.5. The van der Waals surface area contributed by atoms with Crippen LogP contribution in [0.4, 0.5) is 26.3 Å². The van der Waals surface area contributed by atoms with Crippen molar-refractivity contribution in [3.05, 3.63) is 68.7 Å². The highest BCUT2D eigenvalue weighted by Gasteiger charge is 2.39. The van der Waals surface area contributed by atoms with Crippen molar-refractivity contribution < 1.29 is 26.3 Å². The van der Waals surface area contributed by atoms with Crippen LogP contribution >= 0.6 is 23.2 Å². The topological polar surface area (TPSA) is 52.0 Å². The summed E-state index contributed by atoms with van der Waals surface area (Å²) in [6.45, 7) is 0. The average Bonchev–Trinajstić information content (AvgIpc) is 2.51. The van der Waals surface area contributed by atoms with E-state index in [0.29, 0.717) is 12.1 Å². The first-order chi connectivity index (χ1) is 11.8. The Hall–Kier alpha value is -1.48. The lowest BCUT2D eigenvalue weighted by atomic mass is 9.89. The zero-order valence-corrected chi connectivity index (χ0v) is 14.3. The van der Waals surface area contributed by atoms with E-state index in [9.17, 15) is 26.3 Å². The fourth-order valence-electron chi connectivity index (χ4n) is 2.52. The smallest absolute Gasteiger partial charge is 0.322 e. The molecule has 142 valence electrons. The van der Waals surface area contributed by atoms with Crippen LogP contribution in [0.25, 0.3) is 0 Å². The molecule has 0 spiro atoms. The number of halogens is 8. The second-order valence-electron chi connectivity index (χ2n) is 5.51. The average molecular weight is 417 g/mol. The highest BCUT2D eigenvalue weighted by Crippen LogP contribution is 2.41. The molecule has 2 atom stereocenters. The lowest BCUT2D eigenvalue weighted by Gasteiger charge is -2.26. The third-order valence-electron chi connectivity index (χ3n) is 3.75. The third-order valence-corrected chi connectivity index (χ3v) is 4.22. The van der Waals surface area contributed by atoms with Crippen molar-refractivity contribution in [3.63, 3.8) is 0 Å². The Kier molecular flexibility index (Phi) is 5.82. The number of benzene rings is 2. The number of rotatable bonds is 3. The van der Waals surface area contributed by atoms with Gasteiger partial charge in [-0.15, -0.1) is 0 Å². The number of hydrogen-bond donors (Lipinski definition) is 2. The molecule has 2 unspecified atom stereocenters. The Morgan fingerprint density at radius 1 is 0.654 bits per heavy atom. The van der Waals surface area contributed by atoms with Crippen molar-refractivity contribution in [2.45, 2.75) is 24.4 Å². The number of alkyl halides is 6. The van der Waals surface area contributed by atoms with Gasteiger partial charge in [-0.2, -0.15) is 26.3 Å². The van der Waals surface area contributed by atoms with E-state index in [4.69, 9.17) is 34.7 Å². The van der Waals surface area contributed by atoms with Gasteiger partial charge < -0.3 is 11.5 Å². The van der Waals surface area contributed by atoms with Crippen LogP contribution in [0, 0.1) is 0 Å². The molecule has 0 amide bonds. The molecule has 0 aliphatic carbocycles. The van der Waals surface area contributed by atoms with Crippen molar-refractivity contribution in [1.29, 1.82) is 0 Å². The minimum Gasteiger partial charge on any atom is -0.322 e. The van der Waals surface area contributed by atoms with Gasteiger partial charge in [-0.1, -0.05) is 35.3 Å². The Balaban J connectivity index is 2.55. The van der Waals surface area contributed by atoms with Crippen LogP contribution in [0.15, 0.2) is 36.4 Å². The van der Waals surface area contributed by atoms with E-state index in [2.05, 4.69) is 0 Å². The van der Waals surface area contributed by atoms with Crippen molar-refractivity contribution >= 4 is 23.2 Å². The van der Waals surface area contributed by atoms with E-state index in [-0.39, 0.29) is 10.0 Å². The van der Waals surface area contributed by atoms with Crippen molar-refractivity contribution in [3.8, 4) is 0 Å². The summed E-state index contributed by atoms with van der Waals surface area (Å²) in [5, 5.41) is -0.381. The molecule has 0 heterocycles. The largest absolute Gasteiger partial charge is 0.416 e. The predicted octanol–water partition coefficient (Wildman–Crippen LogP) is 5.73. The van der Waals surface area contributed by atoms with Gasteiger partial charge >= 0.3 is 12.4 Å². The first kappa shape index (κ1) is 20.8. The maximum absolute atomic E-state index is 13.2. The van der Waals surface area contributed by atoms with Gasteiger partial charge in [0.05, 0.1) is 11.1 Å². The molecule has 2 aromatic rings. The van der Waals surface area contributed by atoms with E-state index in [1.165, 1.54) is 0 Å². The third kappa shape index (κ3) is 4.43. The second kappa shape index (κ2) is 7.26. The quantitative estimate of drug-likeness (QED) is 0.627. The second-order valence-corrected chi connectivity index (χ2v) is 6.38. The van der Waals surface area contributed by atoms with E-state index in [1.807, 2.05) is 0 Å². The molecular formula is C16H12Cl2F6N2. The molecule has 26 heavy (non-hydrogen) atoms. The number of hydrogen-bond acceptors (Lipinski definition) is 2. The van der Waals surface area contributed by atoms with Gasteiger partial charge in [0.25, 0.3) is 0 Å². The van der Waals surface area contributed by atoms with E-state index >= 15 is 0 Å². The molecule has 2 rings (SSSR count). The standard InChI is InChI=1S/C16H12Cl2F6N2/c17-7-1-3-9(11(5-7)15(19,20)21)13(25)14(26)10-4-2-8(18)6-12(10)16(22,23)24/h1-6,13-14H,25-26H2. The SMILES string of the molecule is NC(c1ccc(Cl)cc1C(F)(F)F)C(N)c1ccc(Cl)cc1C(F)(F)F. The minimum atomic E-state index is -4.80. The summed E-state index contributed by atoms with van der Waals surface area (Å²) in [7, 11) is 0. The molecule has 0 saturated heterocycles. The first-order valence-corrected chi connectivity index (χ1v) is 7.82. The van der Waals surface area contributed by atoms with Gasteiger partial charge in [0.15, 0.2) is 0 Å². The summed E-state index contributed by atoms with van der Waals surface area (Å²) < 4.78 is 79.3. The van der Waals surface area contributed by atoms with E-state index < -0.39 is 46.7 Å². The number of nitrogens with two attached hydrogens (primary N) is 2. The Labute approximate surface area is 154 Å². The Bertz CT molecular complexity index is 737. The van der Waals surface area contributed by atoms with Gasteiger partial charge in [0, 0.05) is 22.1 Å². The van der Waals surface area contributed by atoms with Gasteiger partial charge in [0.2, 0.25) is 0 Å². The first-order valence-electron chi connectivity index (χ1n) is 7.07. The van der Waals surface area contributed by atoms with Gasteiger partial charge in [-0.3, -0.25) is 0 Å². The van der Waals surface area contributed by atoms with E-state index in [0.717, 1.165) is 24.3 Å². The van der Waals surface area contributed by atoms with Crippen LogP contribution < -0.4 is 11.5 Å². The maximum Gasteiger partial charge on any atom is 0.416 e. The van der Waals surface area contributed by atoms with Gasteiger partial charge in [-0.05, 0) is 35.4 Å². The summed E-state index contributed by atoms with van der Waals surface area (Å²) in [6, 6.07) is 2.48. The van der Waals surface area contributed by atoms with E-state index in [1.54, 1.807) is 0 Å². The zero-order valence-electron chi connectivity index (χ0n) is 12.8. The summed E-state index contributed by atoms with van der Waals surface area (Å²) in [4.78, 5) is 0. The van der Waals surface area contributed by atoms with Crippen LogP contribution in [0.2, 0.25) is 10.0 Å². The molecule has 0 aliphatic rings. The lowest BCUT2D eigenvalue weighted by molar-refractivity contribution is -0.139. The predicted molar refractivity (Wildman–Crippen MR) is 86.8 cm³/mol. The van der Waals surface area contributed by atoms with Crippen molar-refractivity contribution in [1.82, 2.24) is 0 Å². The molecule has 4 N–H and O–H groups in total. The summed E-state index contributed by atoms with van der Waals surface area (Å²) >= 11 is 11.2. The molecule has 0 bridgehead atoms. The minimum absolute atomic E-state index is 0.190. The van der Waals surface area contributed by atoms with Crippen molar-refractivity contribution in [2.24, 2.45) is 11.5 Å². The van der Waals surface area contributed by atoms with Gasteiger partial charge in [0.1, 0.15) is 0 Å². The summed E-state index contributed by atoms with van der Waals surface area (Å²) in [5.74, 6) is 0. The van der Waals surface area contributed by atoms with Crippen LogP contribution in [-0.2, 0) is 12.4 Å². The molecule has 0 aliphatic heterocycles. The van der Waals surface area contributed by atoms with Gasteiger partial charge in [-0.25, -0.2) is 0 Å². The monoisotopic (exact) mass is 416 g/mol. The van der Waals surface area contributed by atoms with Crippen LogP contribution in [0.5, 0.6) is 0 Å². The Morgan fingerprint density at radius 2 is 0.962 bits per heavy atom. The normalized spacial score (nSPS) is 15.0. The fourth-order valence-corrected chi connectivity index (χ4v) is 2.86. The lowest BCUT2D eigenvalue weighted by Crippen LogP contribution is -2.30. The molecule has 10 heteroatoms. The zero-order chi connectivity index (χ0) is 19.9. The maximum atomic E-state index is 13.2. The summed E-state index contributed by atoms with van der Waals surface area (Å²) in [6.07, 6.45) is -9.60. The highest BCUT2D eigenvalue weighted by molar-refractivity contribution is 6.31. The summed E-state index contributed by atoms with van der Waals surface area (Å²) in [5.41, 5.74) is 8.36. The molecule has 2 aromatic carbocycles.